The molecule has 25 heavy (non-hydrogen) atoms. The molecule has 0 saturated heterocycles. The van der Waals surface area contributed by atoms with Crippen LogP contribution in [-0.2, 0) is 22.6 Å². The van der Waals surface area contributed by atoms with Crippen LogP contribution >= 0.6 is 0 Å². The number of aromatic nitrogens is 1. The maximum atomic E-state index is 12.3. The lowest BCUT2D eigenvalue weighted by atomic mass is 10.1. The Hall–Kier alpha value is -2.54. The highest BCUT2D eigenvalue weighted by atomic mass is 16.5. The lowest BCUT2D eigenvalue weighted by Gasteiger charge is -2.36. The maximum Gasteiger partial charge on any atom is 0.373 e. The zero-order valence-electron chi connectivity index (χ0n) is 14.5. The lowest BCUT2D eigenvalue weighted by Crippen LogP contribution is -2.43. The number of methoxy groups -OCH3 is 1. The second-order valence-corrected chi connectivity index (χ2v) is 6.06. The van der Waals surface area contributed by atoms with E-state index in [1.807, 2.05) is 0 Å². The summed E-state index contributed by atoms with van der Waals surface area (Å²) < 4.78 is 12.2. The fraction of sp³-hybridized carbons (Fsp3) is 0.444. The first-order valence-corrected chi connectivity index (χ1v) is 8.45. The van der Waals surface area contributed by atoms with Crippen LogP contribution in [0.1, 0.15) is 41.4 Å². The monoisotopic (exact) mass is 345 g/mol. The number of rotatable bonds is 6. The maximum absolute atomic E-state index is 12.3. The molecule has 0 radical (unpaired) electrons. The topological polar surface area (TPSA) is 76.7 Å². The van der Waals surface area contributed by atoms with Crippen molar-refractivity contribution in [3.8, 4) is 0 Å². The van der Waals surface area contributed by atoms with Gasteiger partial charge in [-0.3, -0.25) is 9.69 Å². The van der Waals surface area contributed by atoms with Gasteiger partial charge in [-0.2, -0.15) is 0 Å². The molecular formula is C18H23N3O4. The molecule has 7 heteroatoms. The molecule has 134 valence electrons. The second-order valence-electron chi connectivity index (χ2n) is 6.06. The molecule has 3 heterocycles. The molecular weight excluding hydrogens is 322 g/mol. The first-order valence-electron chi connectivity index (χ1n) is 8.45. The van der Waals surface area contributed by atoms with Crippen molar-refractivity contribution >= 4 is 11.9 Å². The van der Waals surface area contributed by atoms with E-state index in [9.17, 15) is 9.59 Å². The molecule has 1 aliphatic rings. The summed E-state index contributed by atoms with van der Waals surface area (Å²) in [4.78, 5) is 25.9. The Morgan fingerprint density at radius 1 is 1.32 bits per heavy atom. The Balaban J connectivity index is 1.54. The predicted molar refractivity (Wildman–Crippen MR) is 90.9 cm³/mol. The summed E-state index contributed by atoms with van der Waals surface area (Å²) in [5.74, 6) is 0.0667. The van der Waals surface area contributed by atoms with Gasteiger partial charge in [0.25, 0.3) is 0 Å². The average Bonchev–Trinajstić information content (AvgIpc) is 3.28. The lowest BCUT2D eigenvalue weighted by molar-refractivity contribution is -0.123. The van der Waals surface area contributed by atoms with E-state index in [-0.39, 0.29) is 24.3 Å². The number of hydrogen-bond donors (Lipinski definition) is 1. The minimum absolute atomic E-state index is 0.0607. The van der Waals surface area contributed by atoms with Crippen LogP contribution < -0.4 is 5.32 Å². The molecule has 2 aromatic rings. The number of furan rings is 1. The van der Waals surface area contributed by atoms with Crippen molar-refractivity contribution in [3.63, 3.8) is 0 Å². The highest BCUT2D eigenvalue weighted by molar-refractivity contribution is 5.86. The van der Waals surface area contributed by atoms with E-state index in [1.54, 1.807) is 12.1 Å². The van der Waals surface area contributed by atoms with E-state index in [1.165, 1.54) is 12.8 Å². The van der Waals surface area contributed by atoms with Gasteiger partial charge in [0.1, 0.15) is 5.76 Å². The van der Waals surface area contributed by atoms with Crippen LogP contribution in [0.25, 0.3) is 0 Å². The number of esters is 1. The summed E-state index contributed by atoms with van der Waals surface area (Å²) in [5.41, 5.74) is 1.26. The van der Waals surface area contributed by atoms with Crippen molar-refractivity contribution in [2.75, 3.05) is 20.2 Å². The molecule has 0 aromatic carbocycles. The molecule has 0 fully saturated rings. The smallest absolute Gasteiger partial charge is 0.373 e. The van der Waals surface area contributed by atoms with E-state index in [0.717, 1.165) is 19.5 Å². The summed E-state index contributed by atoms with van der Waals surface area (Å²) >= 11 is 0. The van der Waals surface area contributed by atoms with E-state index in [0.29, 0.717) is 12.3 Å². The van der Waals surface area contributed by atoms with Crippen molar-refractivity contribution in [1.29, 1.82) is 0 Å². The Morgan fingerprint density at radius 2 is 2.16 bits per heavy atom. The SMILES string of the molecule is CC[C@@H]1c2cccn2CCN1CC(=O)NCc1ccc(C(=O)OC)o1. The van der Waals surface area contributed by atoms with Crippen LogP contribution in [-0.4, -0.2) is 41.5 Å². The molecule has 1 N–H and O–H groups in total. The van der Waals surface area contributed by atoms with Gasteiger partial charge in [-0.05, 0) is 30.7 Å². The number of amides is 1. The van der Waals surface area contributed by atoms with Crippen molar-refractivity contribution in [2.24, 2.45) is 0 Å². The Morgan fingerprint density at radius 3 is 2.92 bits per heavy atom. The van der Waals surface area contributed by atoms with Crippen LogP contribution in [0.5, 0.6) is 0 Å². The fourth-order valence-corrected chi connectivity index (χ4v) is 3.28. The number of fused-ring (bicyclic) bond motifs is 1. The fourth-order valence-electron chi connectivity index (χ4n) is 3.28. The molecule has 2 aromatic heterocycles. The standard InChI is InChI=1S/C18H23N3O4/c1-3-14-15-5-4-8-20(15)9-10-21(14)12-17(22)19-11-13-6-7-16(25-13)18(23)24-2/h4-8,14H,3,9-12H2,1-2H3,(H,19,22)/t14-/m1/s1. The minimum Gasteiger partial charge on any atom is -0.463 e. The van der Waals surface area contributed by atoms with E-state index >= 15 is 0 Å². The third-order valence-corrected chi connectivity index (χ3v) is 4.52. The summed E-state index contributed by atoms with van der Waals surface area (Å²) in [7, 11) is 1.30. The summed E-state index contributed by atoms with van der Waals surface area (Å²) in [6.45, 7) is 4.47. The van der Waals surface area contributed by atoms with Crippen molar-refractivity contribution in [1.82, 2.24) is 14.8 Å². The van der Waals surface area contributed by atoms with Gasteiger partial charge in [-0.25, -0.2) is 4.79 Å². The zero-order chi connectivity index (χ0) is 17.8. The van der Waals surface area contributed by atoms with Crippen LogP contribution in [0.15, 0.2) is 34.9 Å². The van der Waals surface area contributed by atoms with Crippen molar-refractivity contribution in [2.45, 2.75) is 32.5 Å². The highest BCUT2D eigenvalue weighted by Crippen LogP contribution is 2.28. The first kappa shape index (κ1) is 17.3. The largest absolute Gasteiger partial charge is 0.463 e. The predicted octanol–water partition coefficient (Wildman–Crippen LogP) is 1.95. The number of carbonyl (C=O) groups excluding carboxylic acids is 2. The highest BCUT2D eigenvalue weighted by Gasteiger charge is 2.27. The van der Waals surface area contributed by atoms with Crippen LogP contribution in [0.4, 0.5) is 0 Å². The Labute approximate surface area is 146 Å². The second kappa shape index (κ2) is 7.57. The molecule has 1 atom stereocenters. The van der Waals surface area contributed by atoms with Gasteiger partial charge in [-0.1, -0.05) is 6.92 Å². The molecule has 3 rings (SSSR count). The van der Waals surface area contributed by atoms with Crippen LogP contribution in [0, 0.1) is 0 Å². The number of hydrogen-bond acceptors (Lipinski definition) is 5. The van der Waals surface area contributed by atoms with Crippen molar-refractivity contribution in [3.05, 3.63) is 47.7 Å². The van der Waals surface area contributed by atoms with E-state index in [4.69, 9.17) is 4.42 Å². The van der Waals surface area contributed by atoms with Crippen molar-refractivity contribution < 1.29 is 18.7 Å². The molecule has 0 bridgehead atoms. The van der Waals surface area contributed by atoms with Gasteiger partial charge in [0.15, 0.2) is 0 Å². The third kappa shape index (κ3) is 3.76. The van der Waals surface area contributed by atoms with Gasteiger partial charge in [0.05, 0.1) is 26.2 Å². The summed E-state index contributed by atoms with van der Waals surface area (Å²) in [5, 5.41) is 2.85. The van der Waals surface area contributed by atoms with E-state index in [2.05, 4.69) is 44.8 Å². The normalized spacial score (nSPS) is 17.1. The Bertz CT molecular complexity index is 749. The molecule has 1 aliphatic heterocycles. The number of ether oxygens (including phenoxy) is 1. The zero-order valence-corrected chi connectivity index (χ0v) is 14.5. The summed E-state index contributed by atoms with van der Waals surface area (Å²) in [6.07, 6.45) is 3.04. The molecule has 7 nitrogen and oxygen atoms in total. The van der Waals surface area contributed by atoms with Crippen LogP contribution in [0.2, 0.25) is 0 Å². The number of nitrogens with one attached hydrogen (secondary N) is 1. The van der Waals surface area contributed by atoms with Gasteiger partial charge in [0.2, 0.25) is 11.7 Å². The van der Waals surface area contributed by atoms with Crippen LogP contribution in [0.3, 0.4) is 0 Å². The Kier molecular flexibility index (Phi) is 5.23. The molecule has 0 saturated carbocycles. The molecule has 1 amide bonds. The quantitative estimate of drug-likeness (QED) is 0.810. The van der Waals surface area contributed by atoms with Gasteiger partial charge in [-0.15, -0.1) is 0 Å². The molecule has 0 unspecified atom stereocenters. The van der Waals surface area contributed by atoms with E-state index < -0.39 is 5.97 Å². The van der Waals surface area contributed by atoms with Gasteiger partial charge in [0, 0.05) is 25.0 Å². The third-order valence-electron chi connectivity index (χ3n) is 4.52. The molecule has 0 spiro atoms. The van der Waals surface area contributed by atoms with Gasteiger partial charge >= 0.3 is 5.97 Å². The van der Waals surface area contributed by atoms with Gasteiger partial charge < -0.3 is 19.0 Å². The first-order chi connectivity index (χ1) is 12.1. The number of nitrogens with zero attached hydrogens (tertiary/aromatic N) is 2. The molecule has 0 aliphatic carbocycles. The average molecular weight is 345 g/mol. The number of carbonyl (C=O) groups is 2. The minimum atomic E-state index is -0.528. The summed E-state index contributed by atoms with van der Waals surface area (Å²) in [6, 6.07) is 7.63.